The number of aryl methyl sites for hydroxylation is 2. The second-order valence-corrected chi connectivity index (χ2v) is 7.14. The van der Waals surface area contributed by atoms with Gasteiger partial charge in [0.05, 0.1) is 6.61 Å². The van der Waals surface area contributed by atoms with Gasteiger partial charge < -0.3 is 18.5 Å². The molecule has 3 aromatic rings. The van der Waals surface area contributed by atoms with E-state index in [4.69, 9.17) is 13.9 Å². The number of methoxy groups -OCH3 is 1. The van der Waals surface area contributed by atoms with E-state index < -0.39 is 0 Å². The minimum absolute atomic E-state index is 0.0844. The Hall–Kier alpha value is -2.86. The van der Waals surface area contributed by atoms with Gasteiger partial charge >= 0.3 is 5.63 Å². The lowest BCUT2D eigenvalue weighted by atomic mass is 10.1. The lowest BCUT2D eigenvalue weighted by Gasteiger charge is -2.10. The number of ether oxygens (including phenoxy) is 2. The molecule has 0 amide bonds. The number of hydrogen-bond acceptors (Lipinski definition) is 5. The van der Waals surface area contributed by atoms with Crippen LogP contribution in [0.15, 0.2) is 39.5 Å². The van der Waals surface area contributed by atoms with Crippen LogP contribution in [-0.4, -0.2) is 30.7 Å². The third-order valence-corrected chi connectivity index (χ3v) is 5.08. The van der Waals surface area contributed by atoms with Gasteiger partial charge in [0.25, 0.3) is 0 Å². The highest BCUT2D eigenvalue weighted by atomic mass is 16.5. The van der Waals surface area contributed by atoms with E-state index in [0.717, 1.165) is 35.2 Å². The van der Waals surface area contributed by atoms with Crippen molar-refractivity contribution >= 4 is 16.8 Å². The predicted molar refractivity (Wildman–Crippen MR) is 112 cm³/mol. The molecule has 29 heavy (non-hydrogen) atoms. The molecule has 0 aliphatic heterocycles. The summed E-state index contributed by atoms with van der Waals surface area (Å²) in [5.41, 5.74) is 3.63. The maximum Gasteiger partial charge on any atom is 0.336 e. The molecule has 2 heterocycles. The molecule has 0 bridgehead atoms. The zero-order chi connectivity index (χ0) is 21.0. The molecule has 0 aliphatic carbocycles. The van der Waals surface area contributed by atoms with Crippen molar-refractivity contribution in [3.05, 3.63) is 63.3 Å². The number of aromatic nitrogens is 1. The van der Waals surface area contributed by atoms with Crippen LogP contribution >= 0.6 is 0 Å². The summed E-state index contributed by atoms with van der Waals surface area (Å²) >= 11 is 0. The van der Waals surface area contributed by atoms with Crippen LogP contribution in [0.5, 0.6) is 5.75 Å². The van der Waals surface area contributed by atoms with Crippen molar-refractivity contribution < 1.29 is 18.7 Å². The lowest BCUT2D eigenvalue weighted by Crippen LogP contribution is -2.14. The third-order valence-electron chi connectivity index (χ3n) is 5.08. The Morgan fingerprint density at radius 3 is 2.69 bits per heavy atom. The molecule has 0 atom stereocenters. The number of rotatable bonds is 9. The summed E-state index contributed by atoms with van der Waals surface area (Å²) in [7, 11) is 1.66. The first-order valence-electron chi connectivity index (χ1n) is 9.83. The summed E-state index contributed by atoms with van der Waals surface area (Å²) in [6.45, 7) is 7.17. The van der Waals surface area contributed by atoms with E-state index in [2.05, 4.69) is 11.5 Å². The van der Waals surface area contributed by atoms with Gasteiger partial charge in [-0.1, -0.05) is 13.3 Å². The van der Waals surface area contributed by atoms with Crippen molar-refractivity contribution in [2.24, 2.45) is 0 Å². The molecule has 0 unspecified atom stereocenters. The number of benzene rings is 1. The van der Waals surface area contributed by atoms with Crippen LogP contribution < -0.4 is 10.4 Å². The fourth-order valence-corrected chi connectivity index (χ4v) is 3.61. The van der Waals surface area contributed by atoms with Gasteiger partial charge in [-0.25, -0.2) is 4.79 Å². The highest BCUT2D eigenvalue weighted by Gasteiger charge is 2.16. The Bertz CT molecular complexity index is 1080. The Labute approximate surface area is 170 Å². The van der Waals surface area contributed by atoms with Gasteiger partial charge in [-0.2, -0.15) is 0 Å². The van der Waals surface area contributed by atoms with E-state index in [9.17, 15) is 9.59 Å². The zero-order valence-corrected chi connectivity index (χ0v) is 17.4. The molecule has 6 nitrogen and oxygen atoms in total. The number of nitrogens with zero attached hydrogens (tertiary/aromatic N) is 1. The van der Waals surface area contributed by atoms with Gasteiger partial charge in [0.1, 0.15) is 11.3 Å². The summed E-state index contributed by atoms with van der Waals surface area (Å²) < 4.78 is 18.2. The number of fused-ring (bicyclic) bond motifs is 1. The first kappa shape index (κ1) is 20.9. The van der Waals surface area contributed by atoms with Gasteiger partial charge in [0, 0.05) is 48.1 Å². The maximum atomic E-state index is 12.7. The van der Waals surface area contributed by atoms with Crippen LogP contribution in [0.3, 0.4) is 0 Å². The molecule has 0 N–H and O–H groups in total. The van der Waals surface area contributed by atoms with E-state index in [0.29, 0.717) is 30.0 Å². The molecular weight excluding hydrogens is 370 g/mol. The molecule has 0 spiro atoms. The van der Waals surface area contributed by atoms with Crippen LogP contribution in [0.2, 0.25) is 0 Å². The molecule has 0 saturated heterocycles. The second kappa shape index (κ2) is 9.09. The molecular formula is C23H27NO5. The van der Waals surface area contributed by atoms with Crippen LogP contribution in [0, 0.1) is 13.8 Å². The smallest absolute Gasteiger partial charge is 0.336 e. The minimum atomic E-state index is -0.377. The molecule has 2 aromatic heterocycles. The molecule has 3 rings (SSSR count). The second-order valence-electron chi connectivity index (χ2n) is 7.14. The van der Waals surface area contributed by atoms with Crippen molar-refractivity contribution in [3.8, 4) is 5.75 Å². The van der Waals surface area contributed by atoms with Crippen LogP contribution in [0.1, 0.15) is 40.7 Å². The Morgan fingerprint density at radius 2 is 1.97 bits per heavy atom. The topological polar surface area (TPSA) is 70.7 Å². The van der Waals surface area contributed by atoms with Gasteiger partial charge in [-0.15, -0.1) is 0 Å². The molecule has 0 saturated carbocycles. The Balaban J connectivity index is 1.77. The van der Waals surface area contributed by atoms with Crippen LogP contribution in [0.4, 0.5) is 0 Å². The van der Waals surface area contributed by atoms with Gasteiger partial charge in [0.2, 0.25) is 5.78 Å². The summed E-state index contributed by atoms with van der Waals surface area (Å²) in [5.74, 6) is 0.402. The molecule has 154 valence electrons. The average molecular weight is 397 g/mol. The van der Waals surface area contributed by atoms with Gasteiger partial charge in [-0.3, -0.25) is 4.79 Å². The molecule has 6 heteroatoms. The van der Waals surface area contributed by atoms with Gasteiger partial charge in [0.15, 0.2) is 6.61 Å². The number of ketones is 1. The lowest BCUT2D eigenvalue weighted by molar-refractivity contribution is 0.0920. The number of hydrogen-bond donors (Lipinski definition) is 0. The standard InChI is InChI=1S/C23H27NO5/c1-5-6-17-12-23(26)29-22-13-18(7-8-19(17)22)28-14-21(25)20-11-15(2)24(16(20)3)9-10-27-4/h7-8,11-13H,5-6,9-10,14H2,1-4H3. The predicted octanol–water partition coefficient (Wildman–Crippen LogP) is 4.07. The molecule has 0 radical (unpaired) electrons. The molecule has 0 fully saturated rings. The largest absolute Gasteiger partial charge is 0.485 e. The third kappa shape index (κ3) is 4.59. The minimum Gasteiger partial charge on any atom is -0.485 e. The normalized spacial score (nSPS) is 11.2. The van der Waals surface area contributed by atoms with E-state index in [1.807, 2.05) is 26.0 Å². The highest BCUT2D eigenvalue weighted by molar-refractivity contribution is 5.98. The zero-order valence-electron chi connectivity index (χ0n) is 17.4. The van der Waals surface area contributed by atoms with Crippen molar-refractivity contribution in [1.82, 2.24) is 4.57 Å². The van der Waals surface area contributed by atoms with Crippen molar-refractivity contribution in [2.45, 2.75) is 40.2 Å². The maximum absolute atomic E-state index is 12.7. The van der Waals surface area contributed by atoms with Crippen molar-refractivity contribution in [2.75, 3.05) is 20.3 Å². The summed E-state index contributed by atoms with van der Waals surface area (Å²) in [6, 6.07) is 8.77. The van der Waals surface area contributed by atoms with E-state index >= 15 is 0 Å². The summed E-state index contributed by atoms with van der Waals surface area (Å²) in [5, 5.41) is 0.895. The number of Topliss-reactive ketones (excluding diaryl/α,β-unsaturated/α-hetero) is 1. The first-order valence-corrected chi connectivity index (χ1v) is 9.83. The molecule has 1 aromatic carbocycles. The van der Waals surface area contributed by atoms with E-state index in [1.165, 1.54) is 6.07 Å². The van der Waals surface area contributed by atoms with E-state index in [-0.39, 0.29) is 18.0 Å². The van der Waals surface area contributed by atoms with Crippen LogP contribution in [0.25, 0.3) is 11.0 Å². The quantitative estimate of drug-likeness (QED) is 0.402. The Morgan fingerprint density at radius 1 is 1.17 bits per heavy atom. The summed E-state index contributed by atoms with van der Waals surface area (Å²) in [4.78, 5) is 24.5. The molecule has 0 aliphatic rings. The van der Waals surface area contributed by atoms with Crippen LogP contribution in [-0.2, 0) is 17.7 Å². The van der Waals surface area contributed by atoms with Gasteiger partial charge in [-0.05, 0) is 44.0 Å². The Kier molecular flexibility index (Phi) is 6.54. The SMILES string of the molecule is CCCc1cc(=O)oc2cc(OCC(=O)c3cc(C)n(CCOC)c3C)ccc12. The fraction of sp³-hybridized carbons (Fsp3) is 0.391. The highest BCUT2D eigenvalue weighted by Crippen LogP contribution is 2.24. The summed E-state index contributed by atoms with van der Waals surface area (Å²) in [6.07, 6.45) is 1.74. The number of carbonyl (C=O) groups excluding carboxylic acids is 1. The van der Waals surface area contributed by atoms with Crippen molar-refractivity contribution in [1.29, 1.82) is 0 Å². The fourth-order valence-electron chi connectivity index (χ4n) is 3.61. The first-order chi connectivity index (χ1) is 13.9. The van der Waals surface area contributed by atoms with E-state index in [1.54, 1.807) is 19.2 Å². The number of carbonyl (C=O) groups is 1. The monoisotopic (exact) mass is 397 g/mol. The van der Waals surface area contributed by atoms with Crippen molar-refractivity contribution in [3.63, 3.8) is 0 Å². The average Bonchev–Trinajstić information content (AvgIpc) is 2.98.